The summed E-state index contributed by atoms with van der Waals surface area (Å²) >= 11 is 6.25. The van der Waals surface area contributed by atoms with Crippen LogP contribution >= 0.6 is 11.6 Å². The predicted octanol–water partition coefficient (Wildman–Crippen LogP) is 5.42. The third-order valence-electron chi connectivity index (χ3n) is 7.58. The van der Waals surface area contributed by atoms with Crippen LogP contribution in [0.25, 0.3) is 0 Å². The lowest BCUT2D eigenvalue weighted by molar-refractivity contribution is -0.111. The van der Waals surface area contributed by atoms with Crippen molar-refractivity contribution < 1.29 is 14.4 Å². The van der Waals surface area contributed by atoms with Crippen LogP contribution < -0.4 is 25.3 Å². The summed E-state index contributed by atoms with van der Waals surface area (Å²) in [5, 5.41) is 8.81. The van der Waals surface area contributed by atoms with Crippen LogP contribution in [0.5, 0.6) is 5.75 Å². The molecule has 41 heavy (non-hydrogen) atoms. The Morgan fingerprint density at radius 3 is 2.66 bits per heavy atom. The summed E-state index contributed by atoms with van der Waals surface area (Å²) < 4.78 is 5.79. The molecule has 10 nitrogen and oxygen atoms in total. The van der Waals surface area contributed by atoms with Gasteiger partial charge in [-0.2, -0.15) is 0 Å². The van der Waals surface area contributed by atoms with Gasteiger partial charge in [-0.25, -0.2) is 15.0 Å². The van der Waals surface area contributed by atoms with Gasteiger partial charge in [0.05, 0.1) is 36.8 Å². The van der Waals surface area contributed by atoms with E-state index in [1.165, 1.54) is 12.4 Å². The molecule has 2 aliphatic heterocycles. The van der Waals surface area contributed by atoms with Gasteiger partial charge in [0.1, 0.15) is 17.9 Å². The van der Waals surface area contributed by atoms with Crippen molar-refractivity contribution in [1.29, 1.82) is 0 Å². The molecule has 2 aromatic carbocycles. The number of halogens is 1. The molecule has 0 saturated carbocycles. The molecule has 5 rings (SSSR count). The Labute approximate surface area is 245 Å². The fraction of sp³-hybridized carbons (Fsp3) is 0.367. The number of aromatic nitrogens is 2. The molecule has 11 heteroatoms. The molecule has 3 heterocycles. The van der Waals surface area contributed by atoms with Crippen molar-refractivity contribution in [3.05, 3.63) is 72.0 Å². The quantitative estimate of drug-likeness (QED) is 0.323. The average Bonchev–Trinajstić information content (AvgIpc) is 3.48. The van der Waals surface area contributed by atoms with Gasteiger partial charge in [0.25, 0.3) is 0 Å². The van der Waals surface area contributed by atoms with Crippen LogP contribution in [0, 0.1) is 0 Å². The Morgan fingerprint density at radius 1 is 1.15 bits per heavy atom. The van der Waals surface area contributed by atoms with Crippen LogP contribution in [0.3, 0.4) is 0 Å². The van der Waals surface area contributed by atoms with E-state index in [0.717, 1.165) is 43.6 Å². The Hall–Kier alpha value is -3.86. The first-order valence-electron chi connectivity index (χ1n) is 13.7. The summed E-state index contributed by atoms with van der Waals surface area (Å²) in [5.74, 6) is 1.51. The minimum Gasteiger partial charge on any atom is -0.494 e. The highest BCUT2D eigenvalue weighted by atomic mass is 35.5. The predicted molar refractivity (Wildman–Crippen MR) is 163 cm³/mol. The van der Waals surface area contributed by atoms with Crippen LogP contribution in [-0.4, -0.2) is 67.7 Å². The van der Waals surface area contributed by atoms with Crippen molar-refractivity contribution in [2.45, 2.75) is 31.3 Å². The summed E-state index contributed by atoms with van der Waals surface area (Å²) in [5.41, 5.74) is 3.27. The topological polar surface area (TPSA) is 95.1 Å². The summed E-state index contributed by atoms with van der Waals surface area (Å²) in [6.07, 6.45) is 5.62. The standard InChI is InChI=1S/C30H36ClN7O3/c1-5-30(39)35-23-16-24(27(40-4)17-26(23)37-12-9-22(10-13-37)36(2)3)34-28-18-29(33-19-32-28)38-25(11-14-41-38)20-7-6-8-21(31)15-20/h5-8,15-19,22,25H,1,9-14H2,2-4H3,(H,35,39)(H,32,33,34). The number of methoxy groups -OCH3 is 1. The number of carbonyl (C=O) groups is 1. The fourth-order valence-electron chi connectivity index (χ4n) is 5.39. The zero-order chi connectivity index (χ0) is 28.9. The largest absolute Gasteiger partial charge is 0.494 e. The third-order valence-corrected chi connectivity index (χ3v) is 7.81. The van der Waals surface area contributed by atoms with Crippen molar-refractivity contribution in [2.75, 3.05) is 61.5 Å². The first kappa shape index (κ1) is 28.7. The molecular formula is C30H36ClN7O3. The lowest BCUT2D eigenvalue weighted by Crippen LogP contribution is -2.42. The van der Waals surface area contributed by atoms with Gasteiger partial charge in [0.15, 0.2) is 5.82 Å². The zero-order valence-corrected chi connectivity index (χ0v) is 24.4. The fourth-order valence-corrected chi connectivity index (χ4v) is 5.59. The first-order chi connectivity index (χ1) is 19.9. The number of rotatable bonds is 9. The maximum Gasteiger partial charge on any atom is 0.247 e. The second-order valence-electron chi connectivity index (χ2n) is 10.3. The zero-order valence-electron chi connectivity index (χ0n) is 23.6. The van der Waals surface area contributed by atoms with Gasteiger partial charge in [-0.3, -0.25) is 9.63 Å². The van der Waals surface area contributed by atoms with Gasteiger partial charge in [-0.1, -0.05) is 30.3 Å². The van der Waals surface area contributed by atoms with Crippen LogP contribution in [-0.2, 0) is 9.63 Å². The van der Waals surface area contributed by atoms with Gasteiger partial charge < -0.3 is 25.2 Å². The van der Waals surface area contributed by atoms with E-state index in [1.54, 1.807) is 12.2 Å². The summed E-state index contributed by atoms with van der Waals surface area (Å²) in [7, 11) is 5.86. The van der Waals surface area contributed by atoms with Crippen LogP contribution in [0.2, 0.25) is 5.02 Å². The second-order valence-corrected chi connectivity index (χ2v) is 10.8. The Bertz CT molecular complexity index is 1390. The van der Waals surface area contributed by atoms with Crippen molar-refractivity contribution in [2.24, 2.45) is 0 Å². The number of anilines is 5. The molecule has 3 aromatic rings. The van der Waals surface area contributed by atoms with E-state index in [2.05, 4.69) is 51.1 Å². The molecule has 1 aromatic heterocycles. The highest BCUT2D eigenvalue weighted by molar-refractivity contribution is 6.30. The van der Waals surface area contributed by atoms with Gasteiger partial charge in [-0.15, -0.1) is 0 Å². The maximum atomic E-state index is 12.4. The maximum absolute atomic E-state index is 12.4. The van der Waals surface area contributed by atoms with E-state index in [1.807, 2.05) is 42.5 Å². The normalized spacial score (nSPS) is 17.5. The van der Waals surface area contributed by atoms with E-state index in [0.29, 0.717) is 46.4 Å². The monoisotopic (exact) mass is 577 g/mol. The van der Waals surface area contributed by atoms with Crippen molar-refractivity contribution >= 4 is 46.2 Å². The molecule has 0 bridgehead atoms. The molecular weight excluding hydrogens is 542 g/mol. The molecule has 1 amide bonds. The number of carbonyl (C=O) groups excluding carboxylic acids is 1. The van der Waals surface area contributed by atoms with Crippen LogP contribution in [0.1, 0.15) is 30.9 Å². The number of piperidine rings is 1. The molecule has 2 N–H and O–H groups in total. The smallest absolute Gasteiger partial charge is 0.247 e. The SMILES string of the molecule is C=CC(=O)Nc1cc(Nc2cc(N3OCCC3c3cccc(Cl)c3)ncn2)c(OC)cc1N1CCC(N(C)C)CC1. The second kappa shape index (κ2) is 12.8. The number of hydrogen-bond acceptors (Lipinski definition) is 9. The number of benzene rings is 2. The minimum atomic E-state index is -0.284. The summed E-state index contributed by atoms with van der Waals surface area (Å²) in [6, 6.07) is 13.9. The molecule has 2 saturated heterocycles. The minimum absolute atomic E-state index is 0.0253. The molecule has 1 atom stereocenters. The molecule has 1 unspecified atom stereocenters. The third kappa shape index (κ3) is 6.56. The van der Waals surface area contributed by atoms with Crippen LogP contribution in [0.15, 0.2) is 61.4 Å². The average molecular weight is 578 g/mol. The van der Waals surface area contributed by atoms with Crippen LogP contribution in [0.4, 0.5) is 28.7 Å². The highest BCUT2D eigenvalue weighted by Gasteiger charge is 2.30. The number of hydroxylamine groups is 1. The van der Waals surface area contributed by atoms with E-state index in [4.69, 9.17) is 21.2 Å². The van der Waals surface area contributed by atoms with Gasteiger partial charge >= 0.3 is 0 Å². The van der Waals surface area contributed by atoms with E-state index in [9.17, 15) is 4.79 Å². The van der Waals surface area contributed by atoms with Crippen molar-refractivity contribution in [1.82, 2.24) is 14.9 Å². The number of hydrogen-bond donors (Lipinski definition) is 2. The van der Waals surface area contributed by atoms with Crippen molar-refractivity contribution in [3.63, 3.8) is 0 Å². The van der Waals surface area contributed by atoms with E-state index >= 15 is 0 Å². The number of nitrogens with one attached hydrogen (secondary N) is 2. The number of amides is 1. The Balaban J connectivity index is 1.42. The van der Waals surface area contributed by atoms with E-state index < -0.39 is 0 Å². The molecule has 0 radical (unpaired) electrons. The molecule has 0 aliphatic carbocycles. The molecule has 216 valence electrons. The number of nitrogens with zero attached hydrogens (tertiary/aromatic N) is 5. The molecule has 0 spiro atoms. The number of ether oxygens (including phenoxy) is 1. The summed E-state index contributed by atoms with van der Waals surface area (Å²) in [6.45, 7) is 5.93. The lowest BCUT2D eigenvalue weighted by atomic mass is 10.0. The molecule has 2 aliphatic rings. The van der Waals surface area contributed by atoms with Crippen molar-refractivity contribution in [3.8, 4) is 5.75 Å². The Kier molecular flexibility index (Phi) is 8.92. The first-order valence-corrected chi connectivity index (χ1v) is 14.1. The van der Waals surface area contributed by atoms with Gasteiger partial charge in [0, 0.05) is 42.7 Å². The molecule has 2 fully saturated rings. The van der Waals surface area contributed by atoms with Gasteiger partial charge in [0.2, 0.25) is 5.91 Å². The highest BCUT2D eigenvalue weighted by Crippen LogP contribution is 2.40. The summed E-state index contributed by atoms with van der Waals surface area (Å²) in [4.78, 5) is 31.8. The Morgan fingerprint density at radius 2 is 1.95 bits per heavy atom. The van der Waals surface area contributed by atoms with Gasteiger partial charge in [-0.05, 0) is 56.8 Å². The lowest BCUT2D eigenvalue weighted by Gasteiger charge is -2.37. The van der Waals surface area contributed by atoms with E-state index in [-0.39, 0.29) is 11.9 Å².